The van der Waals surface area contributed by atoms with Crippen molar-refractivity contribution in [1.29, 1.82) is 0 Å². The summed E-state index contributed by atoms with van der Waals surface area (Å²) >= 11 is 0. The van der Waals surface area contributed by atoms with Crippen LogP contribution >= 0.6 is 0 Å². The fourth-order valence-corrected chi connectivity index (χ4v) is 4.00. The Morgan fingerprint density at radius 3 is 2.61 bits per heavy atom. The Balaban J connectivity index is 1.32. The maximum atomic E-state index is 12.6. The second-order valence-electron chi connectivity index (χ2n) is 8.78. The molecule has 0 radical (unpaired) electrons. The molecule has 0 bridgehead atoms. The summed E-state index contributed by atoms with van der Waals surface area (Å²) in [6, 6.07) is 12.0. The molecule has 1 saturated heterocycles. The summed E-state index contributed by atoms with van der Waals surface area (Å²) in [6.07, 6.45) is 4.42. The predicted octanol–water partition coefficient (Wildman–Crippen LogP) is 3.92. The first-order chi connectivity index (χ1) is 15.9. The van der Waals surface area contributed by atoms with Crippen molar-refractivity contribution < 1.29 is 14.5 Å². The van der Waals surface area contributed by atoms with E-state index in [0.717, 1.165) is 37.3 Å². The molecule has 2 aromatic carbocycles. The molecule has 4 rings (SSSR count). The monoisotopic (exact) mass is 451 g/mol. The van der Waals surface area contributed by atoms with Gasteiger partial charge in [0.15, 0.2) is 0 Å². The lowest BCUT2D eigenvalue weighted by Crippen LogP contribution is -2.35. The van der Waals surface area contributed by atoms with Crippen LogP contribution in [0.1, 0.15) is 49.4 Å². The minimum atomic E-state index is -0.491. The van der Waals surface area contributed by atoms with Crippen LogP contribution in [0.25, 0.3) is 0 Å². The van der Waals surface area contributed by atoms with E-state index in [-0.39, 0.29) is 29.6 Å². The maximum absolute atomic E-state index is 12.6. The molecule has 2 aromatic rings. The summed E-state index contributed by atoms with van der Waals surface area (Å²) in [7, 11) is 0. The molecule has 1 heterocycles. The first-order valence-corrected chi connectivity index (χ1v) is 11.4. The van der Waals surface area contributed by atoms with E-state index in [0.29, 0.717) is 5.69 Å². The zero-order valence-electron chi connectivity index (χ0n) is 18.7. The number of anilines is 3. The van der Waals surface area contributed by atoms with Crippen molar-refractivity contribution in [2.24, 2.45) is 0 Å². The molecule has 1 aliphatic heterocycles. The number of nitrogens with zero attached hydrogens (tertiary/aromatic N) is 2. The van der Waals surface area contributed by atoms with Gasteiger partial charge in [0.2, 0.25) is 5.91 Å². The lowest BCUT2D eigenvalue weighted by molar-refractivity contribution is -0.384. The zero-order valence-corrected chi connectivity index (χ0v) is 18.7. The number of carbonyl (C=O) groups is 2. The van der Waals surface area contributed by atoms with Crippen LogP contribution in [0.2, 0.25) is 0 Å². The van der Waals surface area contributed by atoms with E-state index in [1.165, 1.54) is 18.9 Å². The first kappa shape index (κ1) is 22.6. The molecular formula is C24H29N5O4. The molecule has 2 aliphatic rings. The SMILES string of the molecule is CC(CC(=O)Nc1cccc(N2CCCC2)c1)NC(=O)c1ccc(NC2CC2)c([N+](=O)[O-])c1. The average molecular weight is 452 g/mol. The number of hydrogen-bond donors (Lipinski definition) is 3. The van der Waals surface area contributed by atoms with Crippen molar-refractivity contribution in [1.82, 2.24) is 5.32 Å². The van der Waals surface area contributed by atoms with Gasteiger partial charge in [0, 0.05) is 54.6 Å². The van der Waals surface area contributed by atoms with Crippen LogP contribution in [0.15, 0.2) is 42.5 Å². The Labute approximate surface area is 192 Å². The summed E-state index contributed by atoms with van der Waals surface area (Å²) in [6.45, 7) is 3.78. The molecule has 2 fully saturated rings. The van der Waals surface area contributed by atoms with Crippen LogP contribution in [0.5, 0.6) is 0 Å². The standard InChI is InChI=1S/C24H29N5O4/c1-16(13-23(30)27-19-5-4-6-20(15-19)28-11-2-3-12-28)25-24(31)17-7-10-21(26-18-8-9-18)22(14-17)29(32)33/h4-7,10,14-16,18,26H,2-3,8-9,11-13H2,1H3,(H,25,31)(H,27,30). The Kier molecular flexibility index (Phi) is 6.76. The van der Waals surface area contributed by atoms with E-state index in [2.05, 4.69) is 20.9 Å². The van der Waals surface area contributed by atoms with Crippen LogP contribution in [0, 0.1) is 10.1 Å². The Morgan fingerprint density at radius 1 is 1.15 bits per heavy atom. The van der Waals surface area contributed by atoms with Crippen LogP contribution in [-0.2, 0) is 4.79 Å². The lowest BCUT2D eigenvalue weighted by atomic mass is 10.1. The molecule has 1 atom stereocenters. The number of carbonyl (C=O) groups excluding carboxylic acids is 2. The highest BCUT2D eigenvalue weighted by Gasteiger charge is 2.26. The summed E-state index contributed by atoms with van der Waals surface area (Å²) in [5.41, 5.74) is 2.29. The third kappa shape index (κ3) is 6.00. The predicted molar refractivity (Wildman–Crippen MR) is 128 cm³/mol. The van der Waals surface area contributed by atoms with Crippen molar-refractivity contribution >= 4 is 34.6 Å². The first-order valence-electron chi connectivity index (χ1n) is 11.4. The second-order valence-corrected chi connectivity index (χ2v) is 8.78. The Morgan fingerprint density at radius 2 is 1.91 bits per heavy atom. The van der Waals surface area contributed by atoms with E-state index in [4.69, 9.17) is 0 Å². The highest BCUT2D eigenvalue weighted by atomic mass is 16.6. The molecule has 33 heavy (non-hydrogen) atoms. The van der Waals surface area contributed by atoms with Gasteiger partial charge in [0.1, 0.15) is 5.69 Å². The molecule has 174 valence electrons. The van der Waals surface area contributed by atoms with Gasteiger partial charge in [-0.3, -0.25) is 19.7 Å². The van der Waals surface area contributed by atoms with Gasteiger partial charge in [-0.05, 0) is 62.9 Å². The molecule has 1 aliphatic carbocycles. The summed E-state index contributed by atoms with van der Waals surface area (Å²) in [4.78, 5) is 38.3. The second kappa shape index (κ2) is 9.89. The number of rotatable bonds is 9. The van der Waals surface area contributed by atoms with E-state index in [1.54, 1.807) is 19.1 Å². The van der Waals surface area contributed by atoms with Gasteiger partial charge in [-0.2, -0.15) is 0 Å². The zero-order chi connectivity index (χ0) is 23.4. The minimum absolute atomic E-state index is 0.0864. The molecule has 3 N–H and O–H groups in total. The normalized spacial score (nSPS) is 16.2. The van der Waals surface area contributed by atoms with E-state index in [9.17, 15) is 19.7 Å². The maximum Gasteiger partial charge on any atom is 0.293 e. The van der Waals surface area contributed by atoms with Crippen molar-refractivity contribution in [2.45, 2.75) is 51.1 Å². The number of nitro groups is 1. The van der Waals surface area contributed by atoms with Gasteiger partial charge < -0.3 is 20.9 Å². The summed E-state index contributed by atoms with van der Waals surface area (Å²) < 4.78 is 0. The van der Waals surface area contributed by atoms with Crippen molar-refractivity contribution in [2.75, 3.05) is 28.6 Å². The highest BCUT2D eigenvalue weighted by Crippen LogP contribution is 2.31. The van der Waals surface area contributed by atoms with Crippen molar-refractivity contribution in [3.05, 3.63) is 58.1 Å². The third-order valence-electron chi connectivity index (χ3n) is 5.86. The van der Waals surface area contributed by atoms with Crippen LogP contribution in [0.4, 0.5) is 22.7 Å². The molecule has 9 heteroatoms. The third-order valence-corrected chi connectivity index (χ3v) is 5.86. The molecule has 0 aromatic heterocycles. The number of hydrogen-bond acceptors (Lipinski definition) is 6. The Hall–Kier alpha value is -3.62. The highest BCUT2D eigenvalue weighted by molar-refractivity contribution is 5.97. The van der Waals surface area contributed by atoms with Gasteiger partial charge in [0.25, 0.3) is 11.6 Å². The number of benzene rings is 2. The lowest BCUT2D eigenvalue weighted by Gasteiger charge is -2.19. The van der Waals surface area contributed by atoms with Crippen molar-refractivity contribution in [3.63, 3.8) is 0 Å². The fraction of sp³-hybridized carbons (Fsp3) is 0.417. The smallest absolute Gasteiger partial charge is 0.293 e. The number of nitrogens with one attached hydrogen (secondary N) is 3. The summed E-state index contributed by atoms with van der Waals surface area (Å²) in [5, 5.41) is 20.2. The largest absolute Gasteiger partial charge is 0.377 e. The van der Waals surface area contributed by atoms with E-state index in [1.807, 2.05) is 24.3 Å². The molecule has 1 unspecified atom stereocenters. The fourth-order valence-electron chi connectivity index (χ4n) is 4.00. The number of nitro benzene ring substituents is 1. The topological polar surface area (TPSA) is 117 Å². The van der Waals surface area contributed by atoms with Gasteiger partial charge >= 0.3 is 0 Å². The molecule has 1 saturated carbocycles. The summed E-state index contributed by atoms with van der Waals surface area (Å²) in [5.74, 6) is -0.663. The van der Waals surface area contributed by atoms with Crippen LogP contribution in [0.3, 0.4) is 0 Å². The molecule has 2 amide bonds. The number of amides is 2. The van der Waals surface area contributed by atoms with Gasteiger partial charge in [-0.1, -0.05) is 6.07 Å². The van der Waals surface area contributed by atoms with Crippen LogP contribution < -0.4 is 20.9 Å². The van der Waals surface area contributed by atoms with Gasteiger partial charge in [0.05, 0.1) is 4.92 Å². The quantitative estimate of drug-likeness (QED) is 0.393. The van der Waals surface area contributed by atoms with Gasteiger partial charge in [-0.25, -0.2) is 0 Å². The molecule has 0 spiro atoms. The molecule has 9 nitrogen and oxygen atoms in total. The van der Waals surface area contributed by atoms with Crippen LogP contribution in [-0.4, -0.2) is 41.9 Å². The van der Waals surface area contributed by atoms with Gasteiger partial charge in [-0.15, -0.1) is 0 Å². The average Bonchev–Trinajstić information content (AvgIpc) is 3.42. The van der Waals surface area contributed by atoms with E-state index >= 15 is 0 Å². The minimum Gasteiger partial charge on any atom is -0.377 e. The van der Waals surface area contributed by atoms with Crippen molar-refractivity contribution in [3.8, 4) is 0 Å². The molecular weight excluding hydrogens is 422 g/mol. The van der Waals surface area contributed by atoms with E-state index < -0.39 is 16.9 Å². The Bertz CT molecular complexity index is 1050.